The first-order valence-corrected chi connectivity index (χ1v) is 10.6. The first kappa shape index (κ1) is 21.9. The van der Waals surface area contributed by atoms with Gasteiger partial charge in [0.05, 0.1) is 5.56 Å². The molecule has 168 valence electrons. The van der Waals surface area contributed by atoms with Gasteiger partial charge in [0.15, 0.2) is 0 Å². The molecule has 32 heavy (non-hydrogen) atoms. The molecule has 2 aromatic heterocycles. The summed E-state index contributed by atoms with van der Waals surface area (Å²) in [6.07, 6.45) is 3.27. The van der Waals surface area contributed by atoms with Crippen molar-refractivity contribution >= 4 is 11.7 Å². The van der Waals surface area contributed by atoms with Crippen LogP contribution in [0, 0.1) is 11.6 Å². The number of carbonyl (C=O) groups is 1. The van der Waals surface area contributed by atoms with Crippen LogP contribution in [-0.4, -0.2) is 58.3 Å². The minimum atomic E-state index is -0.766. The predicted molar refractivity (Wildman–Crippen MR) is 118 cm³/mol. The van der Waals surface area contributed by atoms with Crippen molar-refractivity contribution in [1.82, 2.24) is 25.0 Å². The van der Waals surface area contributed by atoms with Crippen molar-refractivity contribution in [2.75, 3.05) is 37.6 Å². The van der Waals surface area contributed by atoms with Gasteiger partial charge in [-0.25, -0.2) is 13.8 Å². The molecule has 1 fully saturated rings. The summed E-state index contributed by atoms with van der Waals surface area (Å²) in [6, 6.07) is 7.11. The molecule has 1 aliphatic heterocycles. The standard InChI is InChI=1S/C23H26F2N6O/c1-3-30-8-10-31(11-9-30)21-7-4-16(13-26-21)14-27-23(32)19-15-29(2)28-22(19)18-6-5-17(24)12-20(18)25/h4-7,12-13,15H,3,8-11,14H2,1-2H3,(H,27,32). The van der Waals surface area contributed by atoms with Crippen LogP contribution in [0.3, 0.4) is 0 Å². The van der Waals surface area contributed by atoms with E-state index in [1.165, 1.54) is 16.9 Å². The van der Waals surface area contributed by atoms with Gasteiger partial charge in [0.1, 0.15) is 23.1 Å². The Balaban J connectivity index is 1.41. The molecule has 0 radical (unpaired) electrons. The molecule has 0 aliphatic carbocycles. The lowest BCUT2D eigenvalue weighted by Crippen LogP contribution is -2.46. The second-order valence-electron chi connectivity index (χ2n) is 7.82. The van der Waals surface area contributed by atoms with Gasteiger partial charge in [-0.3, -0.25) is 9.48 Å². The molecule has 7 nitrogen and oxygen atoms in total. The number of nitrogens with one attached hydrogen (secondary N) is 1. The number of hydrogen-bond donors (Lipinski definition) is 1. The van der Waals surface area contributed by atoms with E-state index in [4.69, 9.17) is 0 Å². The van der Waals surface area contributed by atoms with Crippen molar-refractivity contribution in [1.29, 1.82) is 0 Å². The number of anilines is 1. The number of aryl methyl sites for hydroxylation is 1. The Hall–Kier alpha value is -3.33. The number of amides is 1. The maximum atomic E-state index is 14.2. The van der Waals surface area contributed by atoms with Crippen molar-refractivity contribution in [2.45, 2.75) is 13.5 Å². The molecule has 0 unspecified atom stereocenters. The molecule has 0 bridgehead atoms. The fourth-order valence-corrected chi connectivity index (χ4v) is 3.81. The summed E-state index contributed by atoms with van der Waals surface area (Å²) >= 11 is 0. The first-order valence-electron chi connectivity index (χ1n) is 10.6. The SMILES string of the molecule is CCN1CCN(c2ccc(CNC(=O)c3cn(C)nc3-c3ccc(F)cc3F)cn2)CC1. The van der Waals surface area contributed by atoms with Crippen molar-refractivity contribution in [2.24, 2.45) is 7.05 Å². The average molecular weight is 440 g/mol. The number of rotatable bonds is 6. The Kier molecular flexibility index (Phi) is 6.45. The molecular formula is C23H26F2N6O. The number of likely N-dealkylation sites (N-methyl/N-ethyl adjacent to an activating group) is 1. The van der Waals surface area contributed by atoms with Gasteiger partial charge in [-0.15, -0.1) is 0 Å². The number of pyridine rings is 1. The van der Waals surface area contributed by atoms with Gasteiger partial charge in [-0.1, -0.05) is 13.0 Å². The van der Waals surface area contributed by atoms with Crippen molar-refractivity contribution < 1.29 is 13.6 Å². The normalized spacial score (nSPS) is 14.6. The molecular weight excluding hydrogens is 414 g/mol. The number of nitrogens with zero attached hydrogens (tertiary/aromatic N) is 5. The van der Waals surface area contributed by atoms with Gasteiger partial charge < -0.3 is 15.1 Å². The Morgan fingerprint density at radius 3 is 2.56 bits per heavy atom. The molecule has 1 aromatic carbocycles. The number of halogens is 2. The van der Waals surface area contributed by atoms with Crippen LogP contribution in [0.4, 0.5) is 14.6 Å². The molecule has 1 N–H and O–H groups in total. The van der Waals surface area contributed by atoms with E-state index in [-0.39, 0.29) is 23.4 Å². The van der Waals surface area contributed by atoms with Crippen LogP contribution in [0.5, 0.6) is 0 Å². The van der Waals surface area contributed by atoms with Crippen molar-refractivity contribution in [3.8, 4) is 11.3 Å². The number of aromatic nitrogens is 3. The zero-order valence-electron chi connectivity index (χ0n) is 18.2. The van der Waals surface area contributed by atoms with Crippen LogP contribution in [0.15, 0.2) is 42.7 Å². The van der Waals surface area contributed by atoms with E-state index in [9.17, 15) is 13.6 Å². The second-order valence-corrected chi connectivity index (χ2v) is 7.82. The van der Waals surface area contributed by atoms with Crippen molar-refractivity contribution in [3.05, 3.63) is 65.5 Å². The third-order valence-corrected chi connectivity index (χ3v) is 5.67. The molecule has 1 aliphatic rings. The zero-order chi connectivity index (χ0) is 22.7. The molecule has 1 saturated heterocycles. The summed E-state index contributed by atoms with van der Waals surface area (Å²) in [6.45, 7) is 7.45. The third kappa shape index (κ3) is 4.77. The lowest BCUT2D eigenvalue weighted by Gasteiger charge is -2.34. The van der Waals surface area contributed by atoms with Crippen LogP contribution in [0.1, 0.15) is 22.8 Å². The minimum absolute atomic E-state index is 0.0753. The average Bonchev–Trinajstić information content (AvgIpc) is 3.19. The van der Waals surface area contributed by atoms with Gasteiger partial charge in [-0.2, -0.15) is 5.10 Å². The summed E-state index contributed by atoms with van der Waals surface area (Å²) in [4.78, 5) is 22.0. The van der Waals surface area contributed by atoms with Crippen molar-refractivity contribution in [3.63, 3.8) is 0 Å². The Morgan fingerprint density at radius 1 is 1.12 bits per heavy atom. The van der Waals surface area contributed by atoms with Crippen LogP contribution < -0.4 is 10.2 Å². The van der Waals surface area contributed by atoms with Gasteiger partial charge in [0, 0.05) is 63.8 Å². The molecule has 0 saturated carbocycles. The second kappa shape index (κ2) is 9.44. The summed E-state index contributed by atoms with van der Waals surface area (Å²) < 4.78 is 28.9. The number of carbonyl (C=O) groups excluding carboxylic acids is 1. The summed E-state index contributed by atoms with van der Waals surface area (Å²) in [5.41, 5.74) is 1.32. The molecule has 4 rings (SSSR count). The van der Waals surface area contributed by atoms with E-state index in [0.29, 0.717) is 0 Å². The predicted octanol–water partition coefficient (Wildman–Crippen LogP) is 2.83. The fraction of sp³-hybridized carbons (Fsp3) is 0.348. The van der Waals surface area contributed by atoms with Gasteiger partial charge in [0.2, 0.25) is 0 Å². The van der Waals surface area contributed by atoms with E-state index < -0.39 is 17.5 Å². The van der Waals surface area contributed by atoms with E-state index in [1.54, 1.807) is 13.2 Å². The molecule has 1 amide bonds. The fourth-order valence-electron chi connectivity index (χ4n) is 3.81. The highest BCUT2D eigenvalue weighted by Gasteiger charge is 2.20. The number of benzene rings is 1. The Morgan fingerprint density at radius 2 is 1.91 bits per heavy atom. The summed E-state index contributed by atoms with van der Waals surface area (Å²) in [5.74, 6) is -0.914. The summed E-state index contributed by atoms with van der Waals surface area (Å²) in [7, 11) is 1.64. The zero-order valence-corrected chi connectivity index (χ0v) is 18.2. The largest absolute Gasteiger partial charge is 0.354 e. The van der Waals surface area contributed by atoms with Crippen LogP contribution in [-0.2, 0) is 13.6 Å². The van der Waals surface area contributed by atoms with Crippen LogP contribution >= 0.6 is 0 Å². The Bertz CT molecular complexity index is 1090. The highest BCUT2D eigenvalue weighted by Crippen LogP contribution is 2.25. The van der Waals surface area contributed by atoms with E-state index in [2.05, 4.69) is 32.1 Å². The van der Waals surface area contributed by atoms with Crippen LogP contribution in [0.25, 0.3) is 11.3 Å². The van der Waals surface area contributed by atoms with E-state index in [0.717, 1.165) is 56.2 Å². The highest BCUT2D eigenvalue weighted by molar-refractivity contribution is 5.99. The van der Waals surface area contributed by atoms with Gasteiger partial charge in [-0.05, 0) is 30.3 Å². The van der Waals surface area contributed by atoms with Crippen LogP contribution in [0.2, 0.25) is 0 Å². The molecule has 3 aromatic rings. The third-order valence-electron chi connectivity index (χ3n) is 5.67. The molecule has 0 spiro atoms. The van der Waals surface area contributed by atoms with E-state index in [1.807, 2.05) is 12.1 Å². The topological polar surface area (TPSA) is 66.3 Å². The summed E-state index contributed by atoms with van der Waals surface area (Å²) in [5, 5.41) is 7.03. The van der Waals surface area contributed by atoms with Gasteiger partial charge in [0.25, 0.3) is 5.91 Å². The number of hydrogen-bond acceptors (Lipinski definition) is 5. The molecule has 0 atom stereocenters. The molecule has 3 heterocycles. The Labute approximate surface area is 185 Å². The molecule has 9 heteroatoms. The monoisotopic (exact) mass is 440 g/mol. The minimum Gasteiger partial charge on any atom is -0.354 e. The quantitative estimate of drug-likeness (QED) is 0.639. The number of piperazine rings is 1. The maximum absolute atomic E-state index is 14.2. The van der Waals surface area contributed by atoms with E-state index >= 15 is 0 Å². The van der Waals surface area contributed by atoms with Gasteiger partial charge >= 0.3 is 0 Å². The highest BCUT2D eigenvalue weighted by atomic mass is 19.1. The lowest BCUT2D eigenvalue weighted by atomic mass is 10.1. The lowest BCUT2D eigenvalue weighted by molar-refractivity contribution is 0.0951. The smallest absolute Gasteiger partial charge is 0.255 e. The first-order chi connectivity index (χ1) is 15.4. The maximum Gasteiger partial charge on any atom is 0.255 e.